The Morgan fingerprint density at radius 3 is 2.20 bits per heavy atom. The Bertz CT molecular complexity index is 642. The van der Waals surface area contributed by atoms with Crippen LogP contribution in [0.25, 0.3) is 0 Å². The first-order chi connectivity index (χ1) is 11.7. The molecule has 0 aliphatic rings. The van der Waals surface area contributed by atoms with Gasteiger partial charge in [0.25, 0.3) is 5.91 Å². The minimum Gasteiger partial charge on any atom is -0.352 e. The number of benzene rings is 1. The van der Waals surface area contributed by atoms with Crippen molar-refractivity contribution >= 4 is 21.8 Å². The molecular weight excluding hydrogens is 338 g/mol. The molecule has 1 atom stereocenters. The Hall–Kier alpha value is -1.60. The fourth-order valence-electron chi connectivity index (χ4n) is 2.48. The molecular formula is C18H31N3O3S. The van der Waals surface area contributed by atoms with Crippen LogP contribution in [-0.4, -0.2) is 46.3 Å². The number of carbonyl (C=O) groups excluding carboxylic acids is 1. The van der Waals surface area contributed by atoms with Crippen LogP contribution in [-0.2, 0) is 10.2 Å². The smallest absolute Gasteiger partial charge is 0.303 e. The standard InChI is InChI=1S/C18H31N3O3S/c1-6-8-9-15(7-2)14-19-18(22)16-10-12-17(13-11-16)21(5)25(23,24)20(3)4/h10-13,15H,6-9,14H2,1-5H3,(H,19,22)/t15-/m0/s1. The number of carbonyl (C=O) groups is 1. The van der Waals surface area contributed by atoms with Crippen LogP contribution in [0.3, 0.4) is 0 Å². The fraction of sp³-hybridized carbons (Fsp3) is 0.611. The van der Waals surface area contributed by atoms with Gasteiger partial charge >= 0.3 is 10.2 Å². The zero-order valence-electron chi connectivity index (χ0n) is 15.9. The van der Waals surface area contributed by atoms with Crippen LogP contribution < -0.4 is 9.62 Å². The van der Waals surface area contributed by atoms with E-state index in [0.717, 1.165) is 23.6 Å². The lowest BCUT2D eigenvalue weighted by atomic mass is 9.99. The Kier molecular flexibility index (Phi) is 8.38. The first-order valence-corrected chi connectivity index (χ1v) is 10.2. The second-order valence-corrected chi connectivity index (χ2v) is 8.60. The molecule has 0 heterocycles. The van der Waals surface area contributed by atoms with Gasteiger partial charge in [-0.1, -0.05) is 33.1 Å². The third-order valence-electron chi connectivity index (χ3n) is 4.40. The van der Waals surface area contributed by atoms with Gasteiger partial charge in [0, 0.05) is 33.3 Å². The van der Waals surface area contributed by atoms with E-state index in [1.165, 1.54) is 31.9 Å². The maximum Gasteiger partial charge on any atom is 0.303 e. The third kappa shape index (κ3) is 6.01. The van der Waals surface area contributed by atoms with Crippen LogP contribution >= 0.6 is 0 Å². The molecule has 1 aromatic rings. The lowest BCUT2D eigenvalue weighted by molar-refractivity contribution is 0.0946. The van der Waals surface area contributed by atoms with E-state index in [-0.39, 0.29) is 5.91 Å². The Labute approximate surface area is 152 Å². The molecule has 1 amide bonds. The number of nitrogens with one attached hydrogen (secondary N) is 1. The van der Waals surface area contributed by atoms with Crippen molar-refractivity contribution in [3.63, 3.8) is 0 Å². The van der Waals surface area contributed by atoms with Crippen molar-refractivity contribution in [2.75, 3.05) is 32.0 Å². The van der Waals surface area contributed by atoms with Crippen molar-refractivity contribution in [1.82, 2.24) is 9.62 Å². The number of hydrogen-bond acceptors (Lipinski definition) is 3. The Morgan fingerprint density at radius 1 is 1.12 bits per heavy atom. The van der Waals surface area contributed by atoms with Gasteiger partial charge < -0.3 is 5.32 Å². The van der Waals surface area contributed by atoms with Gasteiger partial charge in [-0.3, -0.25) is 9.10 Å². The summed E-state index contributed by atoms with van der Waals surface area (Å²) in [6.45, 7) is 4.98. The van der Waals surface area contributed by atoms with E-state index in [2.05, 4.69) is 19.2 Å². The van der Waals surface area contributed by atoms with Gasteiger partial charge in [-0.15, -0.1) is 0 Å². The molecule has 6 nitrogen and oxygen atoms in total. The summed E-state index contributed by atoms with van der Waals surface area (Å²) in [5, 5.41) is 2.98. The number of unbranched alkanes of at least 4 members (excludes halogenated alkanes) is 1. The quantitative estimate of drug-likeness (QED) is 0.689. The highest BCUT2D eigenvalue weighted by molar-refractivity contribution is 7.90. The molecule has 0 fully saturated rings. The molecule has 142 valence electrons. The number of anilines is 1. The van der Waals surface area contributed by atoms with Gasteiger partial charge in [0.05, 0.1) is 5.69 Å². The predicted molar refractivity (Wildman–Crippen MR) is 103 cm³/mol. The summed E-state index contributed by atoms with van der Waals surface area (Å²) in [5.41, 5.74) is 1.05. The lowest BCUT2D eigenvalue weighted by Crippen LogP contribution is -2.37. The molecule has 1 aromatic carbocycles. The minimum absolute atomic E-state index is 0.125. The normalized spacial score (nSPS) is 12.9. The van der Waals surface area contributed by atoms with Gasteiger partial charge in [0.1, 0.15) is 0 Å². The molecule has 1 rings (SSSR count). The molecule has 0 saturated heterocycles. The Morgan fingerprint density at radius 2 is 1.72 bits per heavy atom. The van der Waals surface area contributed by atoms with Crippen LogP contribution in [0.2, 0.25) is 0 Å². The Balaban J connectivity index is 2.71. The predicted octanol–water partition coefficient (Wildman–Crippen LogP) is 2.88. The van der Waals surface area contributed by atoms with Gasteiger partial charge in [0.15, 0.2) is 0 Å². The summed E-state index contributed by atoms with van der Waals surface area (Å²) < 4.78 is 26.6. The first kappa shape index (κ1) is 21.4. The average Bonchev–Trinajstić information content (AvgIpc) is 2.61. The van der Waals surface area contributed by atoms with Crippen LogP contribution in [0, 0.1) is 5.92 Å². The molecule has 0 unspecified atom stereocenters. The number of amides is 1. The molecule has 7 heteroatoms. The zero-order valence-corrected chi connectivity index (χ0v) is 16.8. The number of nitrogens with zero attached hydrogens (tertiary/aromatic N) is 2. The van der Waals surface area contributed by atoms with E-state index < -0.39 is 10.2 Å². The van der Waals surface area contributed by atoms with Gasteiger partial charge in [0.2, 0.25) is 0 Å². The van der Waals surface area contributed by atoms with Crippen LogP contribution in [0.4, 0.5) is 5.69 Å². The summed E-state index contributed by atoms with van der Waals surface area (Å²) >= 11 is 0. The van der Waals surface area contributed by atoms with Crippen LogP contribution in [0.5, 0.6) is 0 Å². The lowest BCUT2D eigenvalue weighted by Gasteiger charge is -2.23. The van der Waals surface area contributed by atoms with Crippen molar-refractivity contribution in [2.45, 2.75) is 39.5 Å². The van der Waals surface area contributed by atoms with Crippen molar-refractivity contribution in [3.05, 3.63) is 29.8 Å². The fourth-order valence-corrected chi connectivity index (χ4v) is 3.36. The molecule has 0 aromatic heterocycles. The SMILES string of the molecule is CCCC[C@H](CC)CNC(=O)c1ccc(N(C)S(=O)(=O)N(C)C)cc1. The van der Waals surface area contributed by atoms with E-state index in [1.54, 1.807) is 24.3 Å². The maximum absolute atomic E-state index is 12.3. The number of rotatable bonds is 10. The van der Waals surface area contributed by atoms with E-state index >= 15 is 0 Å². The topological polar surface area (TPSA) is 69.7 Å². The van der Waals surface area contributed by atoms with Crippen molar-refractivity contribution in [3.8, 4) is 0 Å². The summed E-state index contributed by atoms with van der Waals surface area (Å²) in [4.78, 5) is 12.3. The molecule has 0 aliphatic heterocycles. The van der Waals surface area contributed by atoms with Gasteiger partial charge in [-0.2, -0.15) is 12.7 Å². The summed E-state index contributed by atoms with van der Waals surface area (Å²) in [6.07, 6.45) is 4.51. The van der Waals surface area contributed by atoms with Gasteiger partial charge in [-0.25, -0.2) is 0 Å². The van der Waals surface area contributed by atoms with Gasteiger partial charge in [-0.05, 0) is 36.6 Å². The molecule has 1 N–H and O–H groups in total. The highest BCUT2D eigenvalue weighted by Crippen LogP contribution is 2.18. The summed E-state index contributed by atoms with van der Waals surface area (Å²) in [6, 6.07) is 6.59. The second-order valence-electron chi connectivity index (χ2n) is 6.43. The van der Waals surface area contributed by atoms with Crippen molar-refractivity contribution < 1.29 is 13.2 Å². The molecule has 25 heavy (non-hydrogen) atoms. The molecule has 0 spiro atoms. The van der Waals surface area contributed by atoms with Crippen LogP contribution in [0.1, 0.15) is 49.9 Å². The summed E-state index contributed by atoms with van der Waals surface area (Å²) in [7, 11) is 0.924. The molecule has 0 saturated carbocycles. The highest BCUT2D eigenvalue weighted by Gasteiger charge is 2.21. The van der Waals surface area contributed by atoms with E-state index in [1.807, 2.05) is 0 Å². The largest absolute Gasteiger partial charge is 0.352 e. The minimum atomic E-state index is -3.53. The molecule has 0 radical (unpaired) electrons. The zero-order chi connectivity index (χ0) is 19.0. The summed E-state index contributed by atoms with van der Waals surface area (Å²) in [5.74, 6) is 0.374. The monoisotopic (exact) mass is 369 g/mol. The van der Waals surface area contributed by atoms with Crippen LogP contribution in [0.15, 0.2) is 24.3 Å². The van der Waals surface area contributed by atoms with E-state index in [0.29, 0.717) is 23.7 Å². The average molecular weight is 370 g/mol. The van der Waals surface area contributed by atoms with E-state index in [9.17, 15) is 13.2 Å². The second kappa shape index (κ2) is 9.77. The van der Waals surface area contributed by atoms with E-state index in [4.69, 9.17) is 0 Å². The maximum atomic E-state index is 12.3. The van der Waals surface area contributed by atoms with Crippen molar-refractivity contribution in [2.24, 2.45) is 5.92 Å². The van der Waals surface area contributed by atoms with Crippen molar-refractivity contribution in [1.29, 1.82) is 0 Å². The number of hydrogen-bond donors (Lipinski definition) is 1. The first-order valence-electron chi connectivity index (χ1n) is 8.78. The highest BCUT2D eigenvalue weighted by atomic mass is 32.2. The molecule has 0 bridgehead atoms. The molecule has 0 aliphatic carbocycles. The third-order valence-corrected chi connectivity index (χ3v) is 6.22.